The van der Waals surface area contributed by atoms with Crippen molar-refractivity contribution in [3.05, 3.63) is 24.0 Å². The summed E-state index contributed by atoms with van der Waals surface area (Å²) in [4.78, 5) is 20.2. The minimum Gasteiger partial charge on any atom is -0.370 e. The molecule has 28 heavy (non-hydrogen) atoms. The van der Waals surface area contributed by atoms with E-state index in [4.69, 9.17) is 0 Å². The molecule has 3 N–H and O–H groups in total. The van der Waals surface area contributed by atoms with Crippen molar-refractivity contribution in [2.75, 3.05) is 17.2 Å². The number of rotatable bonds is 6. The van der Waals surface area contributed by atoms with Crippen molar-refractivity contribution < 1.29 is 4.79 Å². The van der Waals surface area contributed by atoms with Gasteiger partial charge in [-0.25, -0.2) is 9.97 Å². The summed E-state index contributed by atoms with van der Waals surface area (Å²) in [5.41, 5.74) is 0.379. The van der Waals surface area contributed by atoms with Gasteiger partial charge in [-0.15, -0.1) is 0 Å². The van der Waals surface area contributed by atoms with Gasteiger partial charge in [0, 0.05) is 42.5 Å². The van der Waals surface area contributed by atoms with Crippen LogP contribution in [0.5, 0.6) is 0 Å². The van der Waals surface area contributed by atoms with E-state index in [1.54, 1.807) is 19.2 Å². The minimum absolute atomic E-state index is 0.0456. The Bertz CT molecular complexity index is 888. The number of fused-ring (bicyclic) bond motifs is 1. The highest BCUT2D eigenvalue weighted by molar-refractivity contribution is 5.93. The molecule has 2 aromatic rings. The molecule has 2 heterocycles. The predicted octanol–water partition coefficient (Wildman–Crippen LogP) is 3.43. The molecule has 0 aromatic carbocycles. The second kappa shape index (κ2) is 8.87. The summed E-state index contributed by atoms with van der Waals surface area (Å²) in [5, 5.41) is 20.9. The predicted molar refractivity (Wildman–Crippen MR) is 111 cm³/mol. The van der Waals surface area contributed by atoms with Gasteiger partial charge < -0.3 is 16.0 Å². The lowest BCUT2D eigenvalue weighted by Crippen LogP contribution is -2.38. The quantitative estimate of drug-likeness (QED) is 0.709. The van der Waals surface area contributed by atoms with Gasteiger partial charge in [-0.05, 0) is 51.2 Å². The van der Waals surface area contributed by atoms with Crippen molar-refractivity contribution in [2.45, 2.75) is 58.5 Å². The number of amides is 1. The van der Waals surface area contributed by atoms with Gasteiger partial charge in [0.15, 0.2) is 0 Å². The summed E-state index contributed by atoms with van der Waals surface area (Å²) in [6, 6.07) is 6.34. The fourth-order valence-electron chi connectivity index (χ4n) is 3.83. The molecule has 1 saturated carbocycles. The lowest BCUT2D eigenvalue weighted by atomic mass is 9.85. The van der Waals surface area contributed by atoms with Gasteiger partial charge in [0.25, 0.3) is 0 Å². The second-order valence-electron chi connectivity index (χ2n) is 7.87. The molecule has 1 aliphatic rings. The smallest absolute Gasteiger partial charge is 0.217 e. The highest BCUT2D eigenvalue weighted by Gasteiger charge is 2.22. The number of nitriles is 1. The Kier molecular flexibility index (Phi) is 6.30. The fourth-order valence-corrected chi connectivity index (χ4v) is 3.83. The topological polar surface area (TPSA) is 103 Å². The van der Waals surface area contributed by atoms with Crippen molar-refractivity contribution in [1.29, 1.82) is 5.26 Å². The first-order chi connectivity index (χ1) is 13.4. The first kappa shape index (κ1) is 19.9. The lowest BCUT2D eigenvalue weighted by Gasteiger charge is -2.29. The SMILES string of the molecule is CC(=O)N[C@@H]1CCCC(CNc2cc3c(NC(C)C)nc(C#N)cc3cn2)C1. The van der Waals surface area contributed by atoms with Crippen LogP contribution in [0.1, 0.15) is 52.1 Å². The van der Waals surface area contributed by atoms with E-state index >= 15 is 0 Å². The third-order valence-electron chi connectivity index (χ3n) is 5.02. The third kappa shape index (κ3) is 5.10. The molecule has 0 aliphatic heterocycles. The molecule has 0 spiro atoms. The maximum atomic E-state index is 11.3. The summed E-state index contributed by atoms with van der Waals surface area (Å²) in [6.45, 7) is 6.49. The number of hydrogen-bond acceptors (Lipinski definition) is 6. The average Bonchev–Trinajstić information content (AvgIpc) is 2.65. The van der Waals surface area contributed by atoms with Crippen molar-refractivity contribution in [3.8, 4) is 6.07 Å². The van der Waals surface area contributed by atoms with E-state index in [0.29, 0.717) is 17.4 Å². The summed E-state index contributed by atoms with van der Waals surface area (Å²) in [5.74, 6) is 2.06. The zero-order valence-electron chi connectivity index (χ0n) is 16.7. The van der Waals surface area contributed by atoms with Crippen LogP contribution in [0.4, 0.5) is 11.6 Å². The molecule has 0 radical (unpaired) electrons. The Morgan fingerprint density at radius 2 is 2.18 bits per heavy atom. The van der Waals surface area contributed by atoms with Gasteiger partial charge in [0.1, 0.15) is 23.4 Å². The lowest BCUT2D eigenvalue weighted by molar-refractivity contribution is -0.119. The van der Waals surface area contributed by atoms with Crippen molar-refractivity contribution >= 4 is 28.3 Å². The monoisotopic (exact) mass is 380 g/mol. The number of pyridine rings is 2. The highest BCUT2D eigenvalue weighted by atomic mass is 16.1. The summed E-state index contributed by atoms with van der Waals surface area (Å²) >= 11 is 0. The molecule has 1 aliphatic carbocycles. The fraction of sp³-hybridized carbons (Fsp3) is 0.524. The molecule has 0 bridgehead atoms. The third-order valence-corrected chi connectivity index (χ3v) is 5.02. The Morgan fingerprint density at radius 3 is 2.89 bits per heavy atom. The maximum Gasteiger partial charge on any atom is 0.217 e. The Balaban J connectivity index is 1.73. The first-order valence-corrected chi connectivity index (χ1v) is 9.93. The number of aromatic nitrogens is 2. The van der Waals surface area contributed by atoms with Crippen LogP contribution in [0.3, 0.4) is 0 Å². The molecule has 1 unspecified atom stereocenters. The summed E-state index contributed by atoms with van der Waals surface area (Å²) < 4.78 is 0. The Hall–Kier alpha value is -2.88. The van der Waals surface area contributed by atoms with Crippen LogP contribution in [-0.4, -0.2) is 34.5 Å². The van der Waals surface area contributed by atoms with Crippen LogP contribution in [0.15, 0.2) is 18.3 Å². The molecule has 0 saturated heterocycles. The summed E-state index contributed by atoms with van der Waals surface area (Å²) in [6.07, 6.45) is 6.12. The van der Waals surface area contributed by atoms with E-state index in [-0.39, 0.29) is 18.0 Å². The van der Waals surface area contributed by atoms with E-state index < -0.39 is 0 Å². The van der Waals surface area contributed by atoms with Crippen molar-refractivity contribution in [2.24, 2.45) is 5.92 Å². The van der Waals surface area contributed by atoms with Crippen LogP contribution >= 0.6 is 0 Å². The molecule has 3 rings (SSSR count). The van der Waals surface area contributed by atoms with Crippen LogP contribution in [0, 0.1) is 17.2 Å². The number of anilines is 2. The number of carbonyl (C=O) groups is 1. The highest BCUT2D eigenvalue weighted by Crippen LogP contribution is 2.27. The van der Waals surface area contributed by atoms with E-state index in [1.807, 2.05) is 19.9 Å². The Morgan fingerprint density at radius 1 is 1.36 bits per heavy atom. The van der Waals surface area contributed by atoms with Crippen LogP contribution in [0.25, 0.3) is 10.8 Å². The van der Waals surface area contributed by atoms with Gasteiger partial charge in [0.05, 0.1) is 0 Å². The summed E-state index contributed by atoms with van der Waals surface area (Å²) in [7, 11) is 0. The van der Waals surface area contributed by atoms with Gasteiger partial charge in [0.2, 0.25) is 5.91 Å². The maximum absolute atomic E-state index is 11.3. The van der Waals surface area contributed by atoms with Crippen LogP contribution in [-0.2, 0) is 4.79 Å². The zero-order valence-corrected chi connectivity index (χ0v) is 16.7. The van der Waals surface area contributed by atoms with Gasteiger partial charge in [-0.2, -0.15) is 5.26 Å². The Labute approximate surface area is 165 Å². The standard InChI is InChI=1S/C21H28N6O/c1-13(2)25-21-19-9-20(24-12-16(19)8-18(10-22)27-21)23-11-15-5-4-6-17(7-15)26-14(3)28/h8-9,12-13,15,17H,4-7,11H2,1-3H3,(H,23,24)(H,25,27)(H,26,28)/t15?,17-/m1/s1. The first-order valence-electron chi connectivity index (χ1n) is 9.93. The van der Waals surface area contributed by atoms with Crippen molar-refractivity contribution in [3.63, 3.8) is 0 Å². The number of nitrogens with zero attached hydrogens (tertiary/aromatic N) is 3. The van der Waals surface area contributed by atoms with Gasteiger partial charge in [-0.1, -0.05) is 6.42 Å². The molecule has 148 valence electrons. The number of carbonyl (C=O) groups excluding carboxylic acids is 1. The largest absolute Gasteiger partial charge is 0.370 e. The molecular formula is C21H28N6O. The van der Waals surface area contributed by atoms with E-state index in [0.717, 1.165) is 48.8 Å². The van der Waals surface area contributed by atoms with E-state index in [9.17, 15) is 10.1 Å². The number of hydrogen-bond donors (Lipinski definition) is 3. The molecule has 2 aromatic heterocycles. The molecule has 1 amide bonds. The van der Waals surface area contributed by atoms with Crippen molar-refractivity contribution in [1.82, 2.24) is 15.3 Å². The minimum atomic E-state index is 0.0456. The van der Waals surface area contributed by atoms with Crippen LogP contribution in [0.2, 0.25) is 0 Å². The van der Waals surface area contributed by atoms with E-state index in [1.165, 1.54) is 0 Å². The molecule has 1 fully saturated rings. The molecule has 2 atom stereocenters. The molecule has 7 heteroatoms. The zero-order chi connectivity index (χ0) is 20.1. The normalized spacial score (nSPS) is 19.2. The van der Waals surface area contributed by atoms with Gasteiger partial charge in [-0.3, -0.25) is 4.79 Å². The number of nitrogens with one attached hydrogen (secondary N) is 3. The van der Waals surface area contributed by atoms with Gasteiger partial charge >= 0.3 is 0 Å². The molecule has 7 nitrogen and oxygen atoms in total. The average molecular weight is 380 g/mol. The van der Waals surface area contributed by atoms with E-state index in [2.05, 4.69) is 32.0 Å². The van der Waals surface area contributed by atoms with Crippen LogP contribution < -0.4 is 16.0 Å². The second-order valence-corrected chi connectivity index (χ2v) is 7.87. The molecular weight excluding hydrogens is 352 g/mol.